The molecule has 0 radical (unpaired) electrons. The number of halogens is 2. The third-order valence-electron chi connectivity index (χ3n) is 3.47. The Morgan fingerprint density at radius 2 is 2.05 bits per heavy atom. The summed E-state index contributed by atoms with van der Waals surface area (Å²) in [7, 11) is 0. The zero-order chi connectivity index (χ0) is 14.2. The van der Waals surface area contributed by atoms with Crippen LogP contribution in [0.4, 0.5) is 5.69 Å². The lowest BCUT2D eigenvalue weighted by atomic mass is 9.84. The monoisotopic (exact) mass is 300 g/mol. The van der Waals surface area contributed by atoms with Crippen LogP contribution in [-0.4, -0.2) is 23.9 Å². The lowest BCUT2D eigenvalue weighted by Gasteiger charge is -2.38. The van der Waals surface area contributed by atoms with E-state index in [4.69, 9.17) is 28.9 Å². The van der Waals surface area contributed by atoms with Crippen LogP contribution in [0, 0.1) is 5.41 Å². The number of likely N-dealkylation sites (tertiary alicyclic amines) is 1. The van der Waals surface area contributed by atoms with E-state index in [1.54, 1.807) is 12.1 Å². The molecule has 2 N–H and O–H groups in total. The van der Waals surface area contributed by atoms with E-state index < -0.39 is 0 Å². The molecule has 0 bridgehead atoms. The molecule has 2 rings (SSSR count). The largest absolute Gasteiger partial charge is 0.399 e. The topological polar surface area (TPSA) is 46.3 Å². The number of amides is 1. The Balaban J connectivity index is 2.29. The van der Waals surface area contributed by atoms with Crippen LogP contribution in [0.25, 0.3) is 0 Å². The normalized spacial score (nSPS) is 18.4. The van der Waals surface area contributed by atoms with Gasteiger partial charge in [0, 0.05) is 18.8 Å². The smallest absolute Gasteiger partial charge is 0.255 e. The van der Waals surface area contributed by atoms with Crippen LogP contribution in [0.3, 0.4) is 0 Å². The third-order valence-corrected chi connectivity index (χ3v) is 4.27. The van der Waals surface area contributed by atoms with Gasteiger partial charge in [-0.15, -0.1) is 0 Å². The highest BCUT2D eigenvalue weighted by molar-refractivity contribution is 6.44. The number of piperidine rings is 1. The van der Waals surface area contributed by atoms with Gasteiger partial charge in [0.2, 0.25) is 0 Å². The number of nitrogen functional groups attached to an aromatic ring is 1. The molecule has 19 heavy (non-hydrogen) atoms. The molecule has 1 aliphatic heterocycles. The first-order chi connectivity index (χ1) is 8.80. The lowest BCUT2D eigenvalue weighted by molar-refractivity contribution is 0.0583. The highest BCUT2D eigenvalue weighted by atomic mass is 35.5. The molecule has 1 saturated heterocycles. The Labute approximate surface area is 123 Å². The molecule has 104 valence electrons. The number of benzene rings is 1. The SMILES string of the molecule is CC1(C)CCCN(C(=O)c2cc(N)cc(Cl)c2Cl)C1. The van der Waals surface area contributed by atoms with Crippen LogP contribution in [0.1, 0.15) is 37.0 Å². The molecule has 1 aromatic carbocycles. The molecule has 1 aliphatic rings. The fourth-order valence-corrected chi connectivity index (χ4v) is 2.95. The van der Waals surface area contributed by atoms with Crippen LogP contribution in [0.5, 0.6) is 0 Å². The summed E-state index contributed by atoms with van der Waals surface area (Å²) in [6, 6.07) is 3.15. The summed E-state index contributed by atoms with van der Waals surface area (Å²) in [4.78, 5) is 14.4. The van der Waals surface area contributed by atoms with Gasteiger partial charge in [-0.05, 0) is 30.4 Å². The first-order valence-corrected chi connectivity index (χ1v) is 7.09. The van der Waals surface area contributed by atoms with Crippen molar-refractivity contribution in [1.82, 2.24) is 4.90 Å². The van der Waals surface area contributed by atoms with Crippen molar-refractivity contribution in [2.75, 3.05) is 18.8 Å². The summed E-state index contributed by atoms with van der Waals surface area (Å²) >= 11 is 12.1. The van der Waals surface area contributed by atoms with Crippen LogP contribution in [-0.2, 0) is 0 Å². The van der Waals surface area contributed by atoms with E-state index in [1.165, 1.54) is 0 Å². The van der Waals surface area contributed by atoms with Gasteiger partial charge in [-0.1, -0.05) is 37.0 Å². The molecule has 0 saturated carbocycles. The summed E-state index contributed by atoms with van der Waals surface area (Å²) in [5.41, 5.74) is 6.72. The van der Waals surface area contributed by atoms with Gasteiger partial charge in [0.15, 0.2) is 0 Å². The van der Waals surface area contributed by atoms with E-state index in [1.807, 2.05) is 4.90 Å². The zero-order valence-corrected chi connectivity index (χ0v) is 12.7. The van der Waals surface area contributed by atoms with Crippen molar-refractivity contribution in [2.24, 2.45) is 5.41 Å². The van der Waals surface area contributed by atoms with Gasteiger partial charge in [-0.25, -0.2) is 0 Å². The average Bonchev–Trinajstić information content (AvgIpc) is 2.31. The van der Waals surface area contributed by atoms with Crippen molar-refractivity contribution >= 4 is 34.8 Å². The summed E-state index contributed by atoms with van der Waals surface area (Å²) in [5, 5.41) is 0.602. The minimum Gasteiger partial charge on any atom is -0.399 e. The zero-order valence-electron chi connectivity index (χ0n) is 11.2. The van der Waals surface area contributed by atoms with Crippen molar-refractivity contribution in [2.45, 2.75) is 26.7 Å². The fraction of sp³-hybridized carbons (Fsp3) is 0.500. The highest BCUT2D eigenvalue weighted by Crippen LogP contribution is 2.33. The summed E-state index contributed by atoms with van der Waals surface area (Å²) in [5.74, 6) is -0.0908. The number of nitrogens with zero attached hydrogens (tertiary/aromatic N) is 1. The Hall–Kier alpha value is -0.930. The quantitative estimate of drug-likeness (QED) is 0.801. The summed E-state index contributed by atoms with van der Waals surface area (Å²) < 4.78 is 0. The molecule has 1 amide bonds. The molecule has 1 aromatic rings. The Bertz CT molecular complexity index is 514. The maximum atomic E-state index is 12.5. The first-order valence-electron chi connectivity index (χ1n) is 6.34. The second kappa shape index (κ2) is 5.22. The van der Waals surface area contributed by atoms with E-state index in [-0.39, 0.29) is 16.3 Å². The number of carbonyl (C=O) groups is 1. The van der Waals surface area contributed by atoms with Crippen molar-refractivity contribution in [3.8, 4) is 0 Å². The van der Waals surface area contributed by atoms with Crippen LogP contribution in [0.2, 0.25) is 10.0 Å². The second-order valence-electron chi connectivity index (χ2n) is 5.86. The average molecular weight is 301 g/mol. The third kappa shape index (κ3) is 3.15. The standard InChI is InChI=1S/C14H18Cl2N2O/c1-14(2)4-3-5-18(8-14)13(19)10-6-9(17)7-11(15)12(10)16/h6-7H,3-5,8,17H2,1-2H3. The number of anilines is 1. The van der Waals surface area contributed by atoms with Crippen molar-refractivity contribution in [3.05, 3.63) is 27.7 Å². The van der Waals surface area contributed by atoms with Gasteiger partial charge >= 0.3 is 0 Å². The molecule has 1 fully saturated rings. The molecular formula is C14H18Cl2N2O. The van der Waals surface area contributed by atoms with Gasteiger partial charge in [0.25, 0.3) is 5.91 Å². The number of carbonyl (C=O) groups excluding carboxylic acids is 1. The number of nitrogens with two attached hydrogens (primary N) is 1. The predicted octanol–water partition coefficient (Wildman–Crippen LogP) is 3.84. The Kier molecular flexibility index (Phi) is 3.98. The van der Waals surface area contributed by atoms with Crippen molar-refractivity contribution < 1.29 is 4.79 Å². The molecule has 5 heteroatoms. The predicted molar refractivity (Wildman–Crippen MR) is 79.8 cm³/mol. The minimum atomic E-state index is -0.0908. The van der Waals surface area contributed by atoms with Gasteiger partial charge in [0.1, 0.15) is 0 Å². The molecule has 3 nitrogen and oxygen atoms in total. The highest BCUT2D eigenvalue weighted by Gasteiger charge is 2.30. The lowest BCUT2D eigenvalue weighted by Crippen LogP contribution is -2.43. The van der Waals surface area contributed by atoms with Crippen LogP contribution < -0.4 is 5.73 Å². The van der Waals surface area contributed by atoms with Gasteiger partial charge in [-0.2, -0.15) is 0 Å². The minimum absolute atomic E-state index is 0.0908. The number of hydrogen-bond acceptors (Lipinski definition) is 2. The number of rotatable bonds is 1. The molecule has 0 aliphatic carbocycles. The van der Waals surface area contributed by atoms with E-state index in [0.717, 1.165) is 25.9 Å². The number of hydrogen-bond donors (Lipinski definition) is 1. The van der Waals surface area contributed by atoms with Gasteiger partial charge < -0.3 is 10.6 Å². The van der Waals surface area contributed by atoms with E-state index >= 15 is 0 Å². The van der Waals surface area contributed by atoms with Gasteiger partial charge in [0.05, 0.1) is 15.6 Å². The fourth-order valence-electron chi connectivity index (χ4n) is 2.53. The molecule has 0 aromatic heterocycles. The van der Waals surface area contributed by atoms with Gasteiger partial charge in [-0.3, -0.25) is 4.79 Å². The maximum Gasteiger partial charge on any atom is 0.255 e. The molecule has 1 heterocycles. The molecule has 0 atom stereocenters. The molecular weight excluding hydrogens is 283 g/mol. The van der Waals surface area contributed by atoms with E-state index in [2.05, 4.69) is 13.8 Å². The van der Waals surface area contributed by atoms with Crippen molar-refractivity contribution in [3.63, 3.8) is 0 Å². The molecule has 0 spiro atoms. The summed E-state index contributed by atoms with van der Waals surface area (Å²) in [6.45, 7) is 5.82. The summed E-state index contributed by atoms with van der Waals surface area (Å²) in [6.07, 6.45) is 2.13. The maximum absolute atomic E-state index is 12.5. The van der Waals surface area contributed by atoms with Crippen LogP contribution >= 0.6 is 23.2 Å². The Morgan fingerprint density at radius 3 is 2.68 bits per heavy atom. The van der Waals surface area contributed by atoms with E-state index in [0.29, 0.717) is 16.3 Å². The van der Waals surface area contributed by atoms with E-state index in [9.17, 15) is 4.79 Å². The Morgan fingerprint density at radius 1 is 1.37 bits per heavy atom. The van der Waals surface area contributed by atoms with Crippen LogP contribution in [0.15, 0.2) is 12.1 Å². The second-order valence-corrected chi connectivity index (χ2v) is 6.64. The molecule has 0 unspecified atom stereocenters. The first kappa shape index (κ1) is 14.5. The van der Waals surface area contributed by atoms with Crippen molar-refractivity contribution in [1.29, 1.82) is 0 Å².